The second kappa shape index (κ2) is 8.99. The maximum absolute atomic E-state index is 12.1. The Hall–Kier alpha value is -0.660. The molecule has 130 valence electrons. The van der Waals surface area contributed by atoms with Gasteiger partial charge in [0.05, 0.1) is 19.0 Å². The molecule has 1 saturated heterocycles. The molecule has 1 aliphatic heterocycles. The lowest BCUT2D eigenvalue weighted by molar-refractivity contribution is 0.0172. The van der Waals surface area contributed by atoms with Crippen LogP contribution in [0.4, 0.5) is 0 Å². The lowest BCUT2D eigenvalue weighted by Crippen LogP contribution is -2.44. The minimum Gasteiger partial charge on any atom is -0.379 e. The average molecular weight is 361 g/mol. The van der Waals surface area contributed by atoms with E-state index < -0.39 is 10.0 Å². The normalized spacial score (nSPS) is 18.0. The minimum absolute atomic E-state index is 0.0796. The molecule has 1 aromatic carbocycles. The number of ether oxygens (including phenoxy) is 1. The minimum atomic E-state index is -3.25. The summed E-state index contributed by atoms with van der Waals surface area (Å²) >= 11 is 6.34. The number of morpholine rings is 1. The molecule has 0 saturated carbocycles. The third-order valence-electron chi connectivity index (χ3n) is 4.01. The van der Waals surface area contributed by atoms with Gasteiger partial charge in [-0.1, -0.05) is 43.1 Å². The van der Waals surface area contributed by atoms with Crippen molar-refractivity contribution < 1.29 is 13.2 Å². The van der Waals surface area contributed by atoms with Gasteiger partial charge in [0, 0.05) is 30.7 Å². The summed E-state index contributed by atoms with van der Waals surface area (Å²) < 4.78 is 32.4. The molecule has 1 atom stereocenters. The molecule has 1 aromatic rings. The van der Waals surface area contributed by atoms with E-state index in [2.05, 4.69) is 9.62 Å². The van der Waals surface area contributed by atoms with E-state index in [1.807, 2.05) is 31.2 Å². The van der Waals surface area contributed by atoms with Crippen molar-refractivity contribution in [3.8, 4) is 0 Å². The molecule has 23 heavy (non-hydrogen) atoms. The van der Waals surface area contributed by atoms with Gasteiger partial charge in [-0.3, -0.25) is 4.90 Å². The number of halogens is 1. The molecule has 0 aliphatic carbocycles. The molecule has 7 heteroatoms. The lowest BCUT2D eigenvalue weighted by atomic mass is 10.0. The molecule has 1 N–H and O–H groups in total. The van der Waals surface area contributed by atoms with Crippen LogP contribution in [0.1, 0.15) is 31.4 Å². The molecule has 2 rings (SSSR count). The van der Waals surface area contributed by atoms with Gasteiger partial charge in [0.1, 0.15) is 0 Å². The second-order valence-electron chi connectivity index (χ2n) is 5.71. The third-order valence-corrected chi connectivity index (χ3v) is 5.79. The molecule has 0 radical (unpaired) electrons. The highest BCUT2D eigenvalue weighted by Crippen LogP contribution is 2.27. The number of unbranched alkanes of at least 4 members (excludes halogenated alkanes) is 1. The fourth-order valence-electron chi connectivity index (χ4n) is 2.68. The van der Waals surface area contributed by atoms with Crippen molar-refractivity contribution in [2.45, 2.75) is 25.8 Å². The first-order valence-electron chi connectivity index (χ1n) is 8.07. The summed E-state index contributed by atoms with van der Waals surface area (Å²) in [6, 6.07) is 7.54. The summed E-state index contributed by atoms with van der Waals surface area (Å²) in [4.78, 5) is 2.23. The van der Waals surface area contributed by atoms with Crippen LogP contribution in [-0.4, -0.2) is 51.9 Å². The zero-order valence-corrected chi connectivity index (χ0v) is 15.1. The van der Waals surface area contributed by atoms with E-state index in [1.165, 1.54) is 0 Å². The van der Waals surface area contributed by atoms with Crippen molar-refractivity contribution in [3.63, 3.8) is 0 Å². The summed E-state index contributed by atoms with van der Waals surface area (Å²) in [6.07, 6.45) is 1.53. The van der Waals surface area contributed by atoms with Crippen LogP contribution in [0.15, 0.2) is 24.3 Å². The first-order chi connectivity index (χ1) is 11.0. The molecule has 0 aromatic heterocycles. The van der Waals surface area contributed by atoms with Crippen molar-refractivity contribution in [2.24, 2.45) is 0 Å². The van der Waals surface area contributed by atoms with Gasteiger partial charge in [0.25, 0.3) is 0 Å². The Bertz CT molecular complexity index is 589. The first kappa shape index (κ1) is 18.7. The van der Waals surface area contributed by atoms with Gasteiger partial charge >= 0.3 is 0 Å². The van der Waals surface area contributed by atoms with Gasteiger partial charge in [-0.15, -0.1) is 0 Å². The Labute approximate surface area is 144 Å². The molecule has 1 fully saturated rings. The Morgan fingerprint density at radius 2 is 2.00 bits per heavy atom. The molecule has 1 aliphatic rings. The zero-order valence-electron chi connectivity index (χ0n) is 13.5. The maximum atomic E-state index is 12.1. The Kier molecular flexibility index (Phi) is 7.30. The van der Waals surface area contributed by atoms with Crippen molar-refractivity contribution in [1.29, 1.82) is 0 Å². The molecular formula is C16H25ClN2O3S. The standard InChI is InChI=1S/C16H25ClN2O3S/c1-2-3-12-23(20,21)18-13-16(19-8-10-22-11-9-19)14-6-4-5-7-15(14)17/h4-7,16,18H,2-3,8-13H2,1H3/t16-/m1/s1. The predicted molar refractivity (Wildman–Crippen MR) is 93.3 cm³/mol. The van der Waals surface area contributed by atoms with Crippen molar-refractivity contribution >= 4 is 21.6 Å². The van der Waals surface area contributed by atoms with E-state index in [-0.39, 0.29) is 11.8 Å². The summed E-state index contributed by atoms with van der Waals surface area (Å²) in [5.74, 6) is 0.169. The quantitative estimate of drug-likeness (QED) is 0.773. The van der Waals surface area contributed by atoms with Crippen molar-refractivity contribution in [1.82, 2.24) is 9.62 Å². The van der Waals surface area contributed by atoms with E-state index in [1.54, 1.807) is 0 Å². The number of sulfonamides is 1. The molecule has 1 heterocycles. The highest BCUT2D eigenvalue weighted by Gasteiger charge is 2.25. The maximum Gasteiger partial charge on any atom is 0.211 e. The van der Waals surface area contributed by atoms with Crippen molar-refractivity contribution in [3.05, 3.63) is 34.9 Å². The van der Waals surface area contributed by atoms with E-state index in [0.29, 0.717) is 31.2 Å². The Morgan fingerprint density at radius 3 is 2.65 bits per heavy atom. The lowest BCUT2D eigenvalue weighted by Gasteiger charge is -2.35. The fourth-order valence-corrected chi connectivity index (χ4v) is 4.17. The highest BCUT2D eigenvalue weighted by atomic mass is 35.5. The van der Waals surface area contributed by atoms with E-state index in [4.69, 9.17) is 16.3 Å². The number of benzene rings is 1. The van der Waals surface area contributed by atoms with Gasteiger partial charge in [0.2, 0.25) is 10.0 Å². The van der Waals surface area contributed by atoms with E-state index in [0.717, 1.165) is 25.1 Å². The molecular weight excluding hydrogens is 336 g/mol. The van der Waals surface area contributed by atoms with Crippen LogP contribution in [0.5, 0.6) is 0 Å². The Balaban J connectivity index is 2.12. The van der Waals surface area contributed by atoms with Crippen LogP contribution in [0.3, 0.4) is 0 Å². The van der Waals surface area contributed by atoms with Gasteiger partial charge < -0.3 is 4.74 Å². The van der Waals surface area contributed by atoms with Crippen molar-refractivity contribution in [2.75, 3.05) is 38.6 Å². The average Bonchev–Trinajstić information content (AvgIpc) is 2.56. The molecule has 0 unspecified atom stereocenters. The molecule has 0 bridgehead atoms. The third kappa shape index (κ3) is 5.72. The van der Waals surface area contributed by atoms with Gasteiger partial charge in [0.15, 0.2) is 0 Å². The predicted octanol–water partition coefficient (Wildman–Crippen LogP) is 2.43. The van der Waals surface area contributed by atoms with Gasteiger partial charge in [-0.25, -0.2) is 13.1 Å². The van der Waals surface area contributed by atoms with E-state index in [9.17, 15) is 8.42 Å². The Morgan fingerprint density at radius 1 is 1.30 bits per heavy atom. The zero-order chi connectivity index (χ0) is 16.7. The summed E-state index contributed by atoms with van der Waals surface area (Å²) in [5.41, 5.74) is 0.953. The SMILES string of the molecule is CCCCS(=O)(=O)NC[C@H](c1ccccc1Cl)N1CCOCC1. The highest BCUT2D eigenvalue weighted by molar-refractivity contribution is 7.89. The largest absolute Gasteiger partial charge is 0.379 e. The van der Waals surface area contributed by atoms with Crippen LogP contribution >= 0.6 is 11.6 Å². The second-order valence-corrected chi connectivity index (χ2v) is 8.04. The number of hydrogen-bond acceptors (Lipinski definition) is 4. The van der Waals surface area contributed by atoms with Gasteiger partial charge in [-0.2, -0.15) is 0 Å². The molecule has 0 spiro atoms. The number of nitrogens with one attached hydrogen (secondary N) is 1. The summed E-state index contributed by atoms with van der Waals surface area (Å²) in [7, 11) is -3.25. The van der Waals surface area contributed by atoms with Gasteiger partial charge in [-0.05, 0) is 18.1 Å². The summed E-state index contributed by atoms with van der Waals surface area (Å²) in [6.45, 7) is 5.16. The van der Waals surface area contributed by atoms with Crippen LogP contribution in [0.25, 0.3) is 0 Å². The first-order valence-corrected chi connectivity index (χ1v) is 10.1. The summed E-state index contributed by atoms with van der Waals surface area (Å²) in [5, 5.41) is 0.664. The molecule has 0 amide bonds. The number of nitrogens with zero attached hydrogens (tertiary/aromatic N) is 1. The van der Waals surface area contributed by atoms with E-state index >= 15 is 0 Å². The van der Waals surface area contributed by atoms with Crippen LogP contribution in [-0.2, 0) is 14.8 Å². The smallest absolute Gasteiger partial charge is 0.211 e. The number of rotatable bonds is 8. The monoisotopic (exact) mass is 360 g/mol. The molecule has 5 nitrogen and oxygen atoms in total. The van der Waals surface area contributed by atoms with Crippen LogP contribution in [0, 0.1) is 0 Å². The van der Waals surface area contributed by atoms with Crippen LogP contribution < -0.4 is 4.72 Å². The van der Waals surface area contributed by atoms with Crippen LogP contribution in [0.2, 0.25) is 5.02 Å². The fraction of sp³-hybridized carbons (Fsp3) is 0.625. The topological polar surface area (TPSA) is 58.6 Å². The number of hydrogen-bond donors (Lipinski definition) is 1.